The van der Waals surface area contributed by atoms with Crippen LogP contribution in [0.15, 0.2) is 18.2 Å². The molecular weight excluding hydrogens is 271 g/mol. The lowest BCUT2D eigenvalue weighted by Crippen LogP contribution is -2.45. The van der Waals surface area contributed by atoms with Gasteiger partial charge in [0.25, 0.3) is 0 Å². The van der Waals surface area contributed by atoms with Gasteiger partial charge in [-0.25, -0.2) is 0 Å². The molecule has 0 aromatic heterocycles. The number of halogens is 2. The molecule has 1 fully saturated rings. The van der Waals surface area contributed by atoms with Gasteiger partial charge in [-0.3, -0.25) is 4.90 Å². The third-order valence-electron chi connectivity index (χ3n) is 3.26. The minimum Gasteiger partial charge on any atom is -0.376 e. The van der Waals surface area contributed by atoms with Crippen LogP contribution in [0.4, 0.5) is 0 Å². The molecule has 18 heavy (non-hydrogen) atoms. The van der Waals surface area contributed by atoms with Gasteiger partial charge in [-0.2, -0.15) is 0 Å². The van der Waals surface area contributed by atoms with E-state index in [1.54, 1.807) is 0 Å². The standard InChI is InChI=1S/C13H18Cl2N2O/c1-9-8-17(4-5-18-9)13(7-16)10-2-3-11(14)12(15)6-10/h2-3,6,9,13H,4-5,7-8,16H2,1H3. The maximum Gasteiger partial charge on any atom is 0.0674 e. The predicted octanol–water partition coefficient (Wildman–Crippen LogP) is 2.71. The number of nitrogens with zero attached hydrogens (tertiary/aromatic N) is 1. The zero-order valence-electron chi connectivity index (χ0n) is 10.4. The molecule has 1 aromatic carbocycles. The molecular formula is C13H18Cl2N2O. The number of benzene rings is 1. The van der Waals surface area contributed by atoms with Crippen molar-refractivity contribution in [2.45, 2.75) is 19.1 Å². The minimum atomic E-state index is 0.172. The van der Waals surface area contributed by atoms with Crippen LogP contribution in [0.25, 0.3) is 0 Å². The highest BCUT2D eigenvalue weighted by Crippen LogP contribution is 2.28. The molecule has 1 aromatic rings. The molecule has 1 aliphatic rings. The van der Waals surface area contributed by atoms with Crippen molar-refractivity contribution in [3.63, 3.8) is 0 Å². The summed E-state index contributed by atoms with van der Waals surface area (Å²) in [6.45, 7) is 5.17. The molecule has 1 aliphatic heterocycles. The molecule has 2 unspecified atom stereocenters. The van der Waals surface area contributed by atoms with Gasteiger partial charge in [0.15, 0.2) is 0 Å². The molecule has 0 aliphatic carbocycles. The molecule has 3 nitrogen and oxygen atoms in total. The van der Waals surface area contributed by atoms with Crippen LogP contribution in [0, 0.1) is 0 Å². The first-order valence-corrected chi connectivity index (χ1v) is 6.88. The molecule has 0 spiro atoms. The van der Waals surface area contributed by atoms with E-state index in [2.05, 4.69) is 11.8 Å². The van der Waals surface area contributed by atoms with Crippen molar-refractivity contribution < 1.29 is 4.74 Å². The van der Waals surface area contributed by atoms with Gasteiger partial charge in [0, 0.05) is 25.7 Å². The van der Waals surface area contributed by atoms with Gasteiger partial charge >= 0.3 is 0 Å². The molecule has 0 bridgehead atoms. The molecule has 2 atom stereocenters. The molecule has 2 rings (SSSR count). The summed E-state index contributed by atoms with van der Waals surface area (Å²) >= 11 is 12.0. The average Bonchev–Trinajstić information content (AvgIpc) is 2.35. The Hall–Kier alpha value is -0.320. The van der Waals surface area contributed by atoms with Crippen molar-refractivity contribution in [3.05, 3.63) is 33.8 Å². The van der Waals surface area contributed by atoms with E-state index < -0.39 is 0 Å². The topological polar surface area (TPSA) is 38.5 Å². The zero-order chi connectivity index (χ0) is 13.1. The van der Waals surface area contributed by atoms with Crippen LogP contribution in [-0.4, -0.2) is 37.2 Å². The van der Waals surface area contributed by atoms with Crippen LogP contribution in [0.5, 0.6) is 0 Å². The first-order chi connectivity index (χ1) is 8.61. The summed E-state index contributed by atoms with van der Waals surface area (Å²) in [5.74, 6) is 0. The fourth-order valence-electron chi connectivity index (χ4n) is 2.34. The third-order valence-corrected chi connectivity index (χ3v) is 4.00. The van der Waals surface area contributed by atoms with Crippen LogP contribution in [-0.2, 0) is 4.74 Å². The summed E-state index contributed by atoms with van der Waals surface area (Å²) in [6, 6.07) is 5.89. The second kappa shape index (κ2) is 6.22. The van der Waals surface area contributed by atoms with Crippen molar-refractivity contribution >= 4 is 23.2 Å². The van der Waals surface area contributed by atoms with Crippen molar-refractivity contribution in [1.82, 2.24) is 4.90 Å². The highest BCUT2D eigenvalue weighted by atomic mass is 35.5. The Morgan fingerprint density at radius 3 is 2.83 bits per heavy atom. The van der Waals surface area contributed by atoms with E-state index in [1.807, 2.05) is 18.2 Å². The maximum absolute atomic E-state index is 6.07. The highest BCUT2D eigenvalue weighted by molar-refractivity contribution is 6.42. The number of hydrogen-bond acceptors (Lipinski definition) is 3. The lowest BCUT2D eigenvalue weighted by Gasteiger charge is -2.37. The Morgan fingerprint density at radius 2 is 2.22 bits per heavy atom. The smallest absolute Gasteiger partial charge is 0.0674 e. The van der Waals surface area contributed by atoms with Crippen LogP contribution in [0.2, 0.25) is 10.0 Å². The summed E-state index contributed by atoms with van der Waals surface area (Å²) in [7, 11) is 0. The number of ether oxygens (including phenoxy) is 1. The summed E-state index contributed by atoms with van der Waals surface area (Å²) in [5.41, 5.74) is 7.02. The zero-order valence-corrected chi connectivity index (χ0v) is 11.9. The Morgan fingerprint density at radius 1 is 1.44 bits per heavy atom. The van der Waals surface area contributed by atoms with Gasteiger partial charge in [-0.05, 0) is 24.6 Å². The molecule has 5 heteroatoms. The second-order valence-corrected chi connectivity index (χ2v) is 5.42. The van der Waals surface area contributed by atoms with E-state index in [9.17, 15) is 0 Å². The Labute approximate surface area is 118 Å². The van der Waals surface area contributed by atoms with E-state index in [4.69, 9.17) is 33.7 Å². The van der Waals surface area contributed by atoms with E-state index in [-0.39, 0.29) is 12.1 Å². The highest BCUT2D eigenvalue weighted by Gasteiger charge is 2.24. The van der Waals surface area contributed by atoms with Crippen molar-refractivity contribution in [3.8, 4) is 0 Å². The Balaban J connectivity index is 2.18. The molecule has 2 N–H and O–H groups in total. The summed E-state index contributed by atoms with van der Waals surface area (Å²) < 4.78 is 5.55. The number of rotatable bonds is 3. The van der Waals surface area contributed by atoms with Crippen molar-refractivity contribution in [1.29, 1.82) is 0 Å². The maximum atomic E-state index is 6.07. The first kappa shape index (κ1) is 14.1. The average molecular weight is 289 g/mol. The van der Waals surface area contributed by atoms with E-state index >= 15 is 0 Å². The number of nitrogens with two attached hydrogens (primary N) is 1. The van der Waals surface area contributed by atoms with Gasteiger partial charge in [0.2, 0.25) is 0 Å². The number of hydrogen-bond donors (Lipinski definition) is 1. The van der Waals surface area contributed by atoms with Gasteiger partial charge in [0.1, 0.15) is 0 Å². The van der Waals surface area contributed by atoms with Gasteiger partial charge < -0.3 is 10.5 Å². The second-order valence-electron chi connectivity index (χ2n) is 4.60. The molecule has 0 radical (unpaired) electrons. The summed E-state index contributed by atoms with van der Waals surface area (Å²) in [6.07, 6.45) is 0.246. The van der Waals surface area contributed by atoms with E-state index in [1.165, 1.54) is 0 Å². The SMILES string of the molecule is CC1CN(C(CN)c2ccc(Cl)c(Cl)c2)CCO1. The molecule has 100 valence electrons. The Bertz CT molecular complexity index is 414. The molecule has 1 saturated heterocycles. The minimum absolute atomic E-state index is 0.172. The predicted molar refractivity (Wildman–Crippen MR) is 75.2 cm³/mol. The van der Waals surface area contributed by atoms with Crippen LogP contribution < -0.4 is 5.73 Å². The van der Waals surface area contributed by atoms with Crippen molar-refractivity contribution in [2.75, 3.05) is 26.2 Å². The normalized spacial score (nSPS) is 23.0. The van der Waals surface area contributed by atoms with Crippen molar-refractivity contribution in [2.24, 2.45) is 5.73 Å². The lowest BCUT2D eigenvalue weighted by atomic mass is 10.0. The van der Waals surface area contributed by atoms with Gasteiger partial charge in [0.05, 0.1) is 22.8 Å². The van der Waals surface area contributed by atoms with Crippen LogP contribution in [0.3, 0.4) is 0 Å². The van der Waals surface area contributed by atoms with Gasteiger partial charge in [-0.1, -0.05) is 29.3 Å². The quantitative estimate of drug-likeness (QED) is 0.930. The summed E-state index contributed by atoms with van der Waals surface area (Å²) in [5, 5.41) is 1.15. The first-order valence-electron chi connectivity index (χ1n) is 6.12. The monoisotopic (exact) mass is 288 g/mol. The van der Waals surface area contributed by atoms with Gasteiger partial charge in [-0.15, -0.1) is 0 Å². The molecule has 1 heterocycles. The number of morpholine rings is 1. The largest absolute Gasteiger partial charge is 0.376 e. The van der Waals surface area contributed by atoms with E-state index in [0.29, 0.717) is 16.6 Å². The van der Waals surface area contributed by atoms with Crippen LogP contribution >= 0.6 is 23.2 Å². The summed E-state index contributed by atoms with van der Waals surface area (Å²) in [4.78, 5) is 2.34. The lowest BCUT2D eigenvalue weighted by molar-refractivity contribution is -0.0333. The van der Waals surface area contributed by atoms with E-state index in [0.717, 1.165) is 25.3 Å². The molecule has 0 amide bonds. The molecule has 0 saturated carbocycles. The Kier molecular flexibility index (Phi) is 4.87. The fraction of sp³-hybridized carbons (Fsp3) is 0.538. The fourth-order valence-corrected chi connectivity index (χ4v) is 2.65. The van der Waals surface area contributed by atoms with Crippen LogP contribution in [0.1, 0.15) is 18.5 Å². The third kappa shape index (κ3) is 3.16.